The van der Waals surface area contributed by atoms with Crippen LogP contribution in [0.5, 0.6) is 0 Å². The largest absolute Gasteiger partial charge is 0.388 e. The number of guanidine groups is 1. The minimum Gasteiger partial charge on any atom is -0.388 e. The Morgan fingerprint density at radius 1 is 1.19 bits per heavy atom. The van der Waals surface area contributed by atoms with Gasteiger partial charge in [0.25, 0.3) is 5.91 Å². The van der Waals surface area contributed by atoms with Gasteiger partial charge in [0, 0.05) is 20.4 Å². The molecule has 2 N–H and O–H groups in total. The van der Waals surface area contributed by atoms with E-state index in [2.05, 4.69) is 43.8 Å². The number of nitrogens with one attached hydrogen (secondary N) is 2. The Balaban J connectivity index is 0.00000205. The molecule has 0 bridgehead atoms. The van der Waals surface area contributed by atoms with Gasteiger partial charge in [0.1, 0.15) is 0 Å². The van der Waals surface area contributed by atoms with Crippen LogP contribution in [-0.2, 0) is 11.2 Å². The predicted octanol–water partition coefficient (Wildman–Crippen LogP) is 4.09. The number of methoxy groups -OCH3 is 1. The normalized spacial score (nSPS) is 10.8. The van der Waals surface area contributed by atoms with Gasteiger partial charge in [0.05, 0.1) is 52.0 Å². The van der Waals surface area contributed by atoms with Crippen LogP contribution in [0.1, 0.15) is 42.0 Å². The third-order valence-corrected chi connectivity index (χ3v) is 4.74. The summed E-state index contributed by atoms with van der Waals surface area (Å²) in [5, 5.41) is 6.22. The van der Waals surface area contributed by atoms with E-state index in [1.54, 1.807) is 38.9 Å². The van der Waals surface area contributed by atoms with E-state index in [4.69, 9.17) is 0 Å². The summed E-state index contributed by atoms with van der Waals surface area (Å²) in [6.45, 7) is 7.69. The number of nitrogens with zero attached hydrogens (tertiary/aromatic N) is 5. The topological polar surface area (TPSA) is 95.3 Å². The van der Waals surface area contributed by atoms with Gasteiger partial charge >= 0.3 is 5.96 Å². The highest BCUT2D eigenvalue weighted by molar-refractivity contribution is 6.08. The lowest BCUT2D eigenvalue weighted by molar-refractivity contribution is -0.469. The molecule has 0 radical (unpaired) electrons. The highest BCUT2D eigenvalue weighted by Crippen LogP contribution is 2.20. The van der Waals surface area contributed by atoms with Crippen molar-refractivity contribution < 1.29 is 14.1 Å². The lowest BCUT2D eigenvalue weighted by Crippen LogP contribution is -2.37. The third-order valence-electron chi connectivity index (χ3n) is 4.74. The molecule has 1 amide bonds. The average molecular weight is 495 g/mol. The van der Waals surface area contributed by atoms with E-state index in [9.17, 15) is 4.79 Å². The van der Waals surface area contributed by atoms with Crippen LogP contribution in [0, 0.1) is 0 Å². The summed E-state index contributed by atoms with van der Waals surface area (Å²) in [7, 11) is 10.9. The lowest BCUT2D eigenvalue weighted by atomic mass is 10.1. The van der Waals surface area contributed by atoms with Gasteiger partial charge < -0.3 is 10.1 Å². The molecule has 0 fully saturated rings. The van der Waals surface area contributed by atoms with Gasteiger partial charge in [-0.05, 0) is 30.5 Å². The molecule has 2 heterocycles. The Morgan fingerprint density at radius 2 is 1.89 bits per heavy atom. The number of carbonyl (C=O) groups is 1. The van der Waals surface area contributed by atoms with Crippen LogP contribution in [0.4, 0.5) is 11.5 Å². The van der Waals surface area contributed by atoms with Gasteiger partial charge in [0.15, 0.2) is 5.69 Å². The molecule has 0 aliphatic carbocycles. The molecule has 0 aliphatic rings. The fraction of sp³-hybridized carbons (Fsp3) is 0.370. The van der Waals surface area contributed by atoms with Crippen LogP contribution in [-0.4, -0.2) is 78.7 Å². The molecule has 9 nitrogen and oxygen atoms in total. The van der Waals surface area contributed by atoms with Crippen LogP contribution in [0.2, 0.25) is 0 Å². The average Bonchev–Trinajstić information content (AvgIpc) is 2.84. The monoisotopic (exact) mass is 494 g/mol. The summed E-state index contributed by atoms with van der Waals surface area (Å²) in [5.41, 5.74) is 3.38. The minimum absolute atomic E-state index is 0.195. The highest BCUT2D eigenvalue weighted by atomic mass is 16.4. The number of amides is 1. The molecule has 194 valence electrons. The maximum absolute atomic E-state index is 13.4. The number of aryl methyl sites for hydroxylation is 1. The lowest BCUT2D eigenvalue weighted by Gasteiger charge is -2.15. The van der Waals surface area contributed by atoms with Crippen molar-refractivity contribution in [3.63, 3.8) is 0 Å². The molecule has 0 aromatic carbocycles. The number of rotatable bonds is 8. The molecule has 9 heteroatoms. The fourth-order valence-electron chi connectivity index (χ4n) is 3.13. The molecule has 2 aromatic rings. The van der Waals surface area contributed by atoms with E-state index < -0.39 is 0 Å². The van der Waals surface area contributed by atoms with Crippen molar-refractivity contribution in [3.8, 4) is 0 Å². The van der Waals surface area contributed by atoms with Crippen molar-refractivity contribution in [1.82, 2.24) is 19.9 Å². The Labute approximate surface area is 215 Å². The number of hydrogen-bond donors (Lipinski definition) is 2. The first-order chi connectivity index (χ1) is 17.2. The molecule has 36 heavy (non-hydrogen) atoms. The van der Waals surface area contributed by atoms with Gasteiger partial charge in [-0.25, -0.2) is 15.3 Å². The van der Waals surface area contributed by atoms with Gasteiger partial charge in [0.2, 0.25) is 5.82 Å². The van der Waals surface area contributed by atoms with E-state index in [-0.39, 0.29) is 11.6 Å². The molecule has 2 aromatic heterocycles. The predicted molar refractivity (Wildman–Crippen MR) is 149 cm³/mol. The second-order valence-electron chi connectivity index (χ2n) is 8.31. The van der Waals surface area contributed by atoms with Crippen LogP contribution in [0.25, 0.3) is 5.57 Å². The molecule has 0 spiro atoms. The highest BCUT2D eigenvalue weighted by Gasteiger charge is 2.23. The Morgan fingerprint density at radius 3 is 2.47 bits per heavy atom. The summed E-state index contributed by atoms with van der Waals surface area (Å²) in [6.07, 6.45) is 14.1. The first-order valence-electron chi connectivity index (χ1n) is 11.7. The fourth-order valence-corrected chi connectivity index (χ4v) is 3.13. The van der Waals surface area contributed by atoms with Crippen LogP contribution < -0.4 is 10.6 Å². The van der Waals surface area contributed by atoms with Crippen molar-refractivity contribution in [3.05, 3.63) is 72.5 Å². The first-order valence-corrected chi connectivity index (χ1v) is 11.7. The van der Waals surface area contributed by atoms with Crippen molar-refractivity contribution in [2.45, 2.75) is 26.7 Å². The molecule has 0 saturated carbocycles. The van der Waals surface area contributed by atoms with Crippen molar-refractivity contribution in [2.24, 2.45) is 0 Å². The van der Waals surface area contributed by atoms with Gasteiger partial charge in [-0.15, -0.1) is 0 Å². The van der Waals surface area contributed by atoms with E-state index in [0.29, 0.717) is 17.2 Å². The third kappa shape index (κ3) is 9.42. The molecule has 0 saturated heterocycles. The summed E-state index contributed by atoms with van der Waals surface area (Å²) >= 11 is 0. The number of carbonyl (C=O) groups excluding carboxylic acids is 1. The summed E-state index contributed by atoms with van der Waals surface area (Å²) in [4.78, 5) is 28.7. The summed E-state index contributed by atoms with van der Waals surface area (Å²) in [5.74, 6) is 0.771. The smallest absolute Gasteiger partial charge is 0.353 e. The zero-order valence-corrected chi connectivity index (χ0v) is 22.8. The maximum atomic E-state index is 13.4. The van der Waals surface area contributed by atoms with E-state index in [1.165, 1.54) is 0 Å². The van der Waals surface area contributed by atoms with Gasteiger partial charge in [-0.3, -0.25) is 19.3 Å². The molecule has 2 rings (SSSR count). The molecular formula is C27H40N7O2+. The number of anilines is 2. The second kappa shape index (κ2) is 15.9. The number of hydrogen-bond acceptors (Lipinski definition) is 5. The van der Waals surface area contributed by atoms with Crippen molar-refractivity contribution in [1.29, 1.82) is 0 Å². The van der Waals surface area contributed by atoms with Crippen LogP contribution in [0.15, 0.2) is 55.5 Å². The summed E-state index contributed by atoms with van der Waals surface area (Å²) in [6, 6.07) is 1.92. The maximum Gasteiger partial charge on any atom is 0.353 e. The zero-order chi connectivity index (χ0) is 27.1. The van der Waals surface area contributed by atoms with Gasteiger partial charge in [-0.1, -0.05) is 44.2 Å². The van der Waals surface area contributed by atoms with E-state index in [1.807, 2.05) is 68.9 Å². The Hall–Kier alpha value is -3.85. The number of allylic oxidation sites excluding steroid dienone is 5. The van der Waals surface area contributed by atoms with Crippen LogP contribution >= 0.6 is 0 Å². The molecule has 0 unspecified atom stereocenters. The SMILES string of the molecule is C=C/C=C\C=C(/C)c1cnc(NC(N(C)C)=[N+](C)C)c(C(=O)Nc2cnccc2CCC)n1.COC. The number of ether oxygens (including phenoxy) is 1. The zero-order valence-electron chi connectivity index (χ0n) is 22.8. The Kier molecular flexibility index (Phi) is 13.4. The van der Waals surface area contributed by atoms with Crippen molar-refractivity contribution >= 4 is 28.9 Å². The first kappa shape index (κ1) is 30.2. The number of pyridine rings is 1. The second-order valence-corrected chi connectivity index (χ2v) is 8.31. The molecular weight excluding hydrogens is 454 g/mol. The Bertz CT molecular complexity index is 1100. The molecule has 0 aliphatic heterocycles. The minimum atomic E-state index is -0.358. The van der Waals surface area contributed by atoms with E-state index >= 15 is 0 Å². The number of aromatic nitrogens is 3. The summed E-state index contributed by atoms with van der Waals surface area (Å²) < 4.78 is 6.16. The standard InChI is InChI=1S/C25H33N7O.C2H6O/c1-8-10-11-13-18(3)20-17-27-23(30-25(31(4)5)32(6)7)22(28-20)24(33)29-21-16-26-15-14-19(21)12-9-2;1-3-2/h8,10-11,13-17H,1,9,12H2,2-7H3,(H,29,33);1-2H3/p+1/b11-10-,18-13+;. The van der Waals surface area contributed by atoms with Gasteiger partial charge in [-0.2, -0.15) is 0 Å². The quantitative estimate of drug-likeness (QED) is 0.247. The molecule has 0 atom stereocenters. The van der Waals surface area contributed by atoms with E-state index in [0.717, 1.165) is 29.9 Å². The van der Waals surface area contributed by atoms with Crippen LogP contribution in [0.3, 0.4) is 0 Å². The van der Waals surface area contributed by atoms with Crippen molar-refractivity contribution in [2.75, 3.05) is 53.0 Å².